The Labute approximate surface area is 122 Å². The topological polar surface area (TPSA) is 85.4 Å². The number of nitro groups is 1. The van der Waals surface area contributed by atoms with Gasteiger partial charge in [0.1, 0.15) is 5.69 Å². The predicted octanol–water partition coefficient (Wildman–Crippen LogP) is 0.560. The van der Waals surface area contributed by atoms with Crippen molar-refractivity contribution in [1.29, 1.82) is 5.26 Å². The maximum atomic E-state index is 11.2. The van der Waals surface area contributed by atoms with Gasteiger partial charge in [0.25, 0.3) is 5.69 Å². The van der Waals surface area contributed by atoms with E-state index < -0.39 is 4.92 Å². The fraction of sp³-hybridized carbons (Fsp3) is 0.500. The Hall–Kier alpha value is -2.17. The standard InChI is InChI=1S/C14H17N5O2/c15-8-11-1-2-13(14(7-11)19(20)21)18-9-12(10-18)17-5-3-16-4-6-17/h1-2,7,12,16H,3-6,9-10H2. The van der Waals surface area contributed by atoms with Crippen molar-refractivity contribution < 1.29 is 4.92 Å². The number of nitriles is 1. The van der Waals surface area contributed by atoms with E-state index in [0.717, 1.165) is 39.3 Å². The molecule has 1 N–H and O–H groups in total. The van der Waals surface area contributed by atoms with E-state index >= 15 is 0 Å². The minimum Gasteiger partial charge on any atom is -0.363 e. The molecule has 0 atom stereocenters. The van der Waals surface area contributed by atoms with Crippen LogP contribution in [-0.2, 0) is 0 Å². The minimum absolute atomic E-state index is 0.0211. The zero-order chi connectivity index (χ0) is 14.8. The van der Waals surface area contributed by atoms with Gasteiger partial charge in [-0.2, -0.15) is 5.26 Å². The van der Waals surface area contributed by atoms with Gasteiger partial charge in [-0.15, -0.1) is 0 Å². The van der Waals surface area contributed by atoms with Crippen molar-refractivity contribution >= 4 is 11.4 Å². The molecule has 0 amide bonds. The van der Waals surface area contributed by atoms with Crippen LogP contribution in [-0.4, -0.2) is 55.1 Å². The number of hydrogen-bond donors (Lipinski definition) is 1. The van der Waals surface area contributed by atoms with Crippen LogP contribution in [0.1, 0.15) is 5.56 Å². The normalized spacial score (nSPS) is 19.9. The lowest BCUT2D eigenvalue weighted by atomic mass is 10.0. The van der Waals surface area contributed by atoms with Gasteiger partial charge in [0.05, 0.1) is 16.6 Å². The number of piperazine rings is 1. The lowest BCUT2D eigenvalue weighted by Crippen LogP contribution is -2.63. The third kappa shape index (κ3) is 2.68. The molecule has 2 saturated heterocycles. The Bertz CT molecular complexity index is 586. The molecule has 2 aliphatic heterocycles. The first-order valence-electron chi connectivity index (χ1n) is 7.07. The summed E-state index contributed by atoms with van der Waals surface area (Å²) in [5.41, 5.74) is 0.961. The van der Waals surface area contributed by atoms with Crippen molar-refractivity contribution in [1.82, 2.24) is 10.2 Å². The van der Waals surface area contributed by atoms with Crippen LogP contribution in [0.15, 0.2) is 18.2 Å². The van der Waals surface area contributed by atoms with Crippen molar-refractivity contribution in [2.24, 2.45) is 0 Å². The number of nitrogens with one attached hydrogen (secondary N) is 1. The highest BCUT2D eigenvalue weighted by Crippen LogP contribution is 2.33. The summed E-state index contributed by atoms with van der Waals surface area (Å²) >= 11 is 0. The van der Waals surface area contributed by atoms with Crippen LogP contribution in [0.25, 0.3) is 0 Å². The van der Waals surface area contributed by atoms with Crippen LogP contribution in [0.4, 0.5) is 11.4 Å². The first-order chi connectivity index (χ1) is 10.2. The molecule has 1 aromatic carbocycles. The van der Waals surface area contributed by atoms with Crippen LogP contribution < -0.4 is 10.2 Å². The van der Waals surface area contributed by atoms with Crippen LogP contribution in [0, 0.1) is 21.4 Å². The SMILES string of the molecule is N#Cc1ccc(N2CC(N3CCNCC3)C2)c([N+](=O)[O-])c1. The summed E-state index contributed by atoms with van der Waals surface area (Å²) in [7, 11) is 0. The molecule has 0 radical (unpaired) electrons. The number of hydrogen-bond acceptors (Lipinski definition) is 6. The van der Waals surface area contributed by atoms with Gasteiger partial charge in [-0.05, 0) is 12.1 Å². The zero-order valence-corrected chi connectivity index (χ0v) is 11.7. The number of anilines is 1. The smallest absolute Gasteiger partial charge is 0.293 e. The van der Waals surface area contributed by atoms with Crippen molar-refractivity contribution in [3.63, 3.8) is 0 Å². The predicted molar refractivity (Wildman–Crippen MR) is 78.3 cm³/mol. The first kappa shape index (κ1) is 13.8. The quantitative estimate of drug-likeness (QED) is 0.646. The molecule has 0 bridgehead atoms. The summed E-state index contributed by atoms with van der Waals surface area (Å²) in [5, 5.41) is 23.3. The molecule has 1 aromatic rings. The second kappa shape index (κ2) is 5.68. The van der Waals surface area contributed by atoms with Crippen molar-refractivity contribution in [3.8, 4) is 6.07 Å². The Kier molecular flexibility index (Phi) is 3.73. The lowest BCUT2D eigenvalue weighted by Gasteiger charge is -2.47. The highest BCUT2D eigenvalue weighted by atomic mass is 16.6. The van der Waals surface area contributed by atoms with Crippen molar-refractivity contribution in [3.05, 3.63) is 33.9 Å². The summed E-state index contributed by atoms with van der Waals surface area (Å²) in [6.45, 7) is 5.71. The maximum absolute atomic E-state index is 11.2. The maximum Gasteiger partial charge on any atom is 0.293 e. The summed E-state index contributed by atoms with van der Waals surface area (Å²) in [4.78, 5) is 15.2. The Balaban J connectivity index is 1.71. The molecule has 0 saturated carbocycles. The van der Waals surface area contributed by atoms with Gasteiger partial charge < -0.3 is 10.2 Å². The minimum atomic E-state index is -0.408. The zero-order valence-electron chi connectivity index (χ0n) is 11.7. The Morgan fingerprint density at radius 2 is 2.05 bits per heavy atom. The van der Waals surface area contributed by atoms with Gasteiger partial charge in [0.2, 0.25) is 0 Å². The largest absolute Gasteiger partial charge is 0.363 e. The molecular weight excluding hydrogens is 270 g/mol. The number of nitrogens with zero attached hydrogens (tertiary/aromatic N) is 4. The van der Waals surface area contributed by atoms with E-state index in [0.29, 0.717) is 17.3 Å². The van der Waals surface area contributed by atoms with Gasteiger partial charge >= 0.3 is 0 Å². The number of nitro benzene ring substituents is 1. The summed E-state index contributed by atoms with van der Waals surface area (Å²) < 4.78 is 0. The first-order valence-corrected chi connectivity index (χ1v) is 7.07. The molecular formula is C14H17N5O2. The van der Waals surface area contributed by atoms with Gasteiger partial charge in [0, 0.05) is 51.4 Å². The second-order valence-electron chi connectivity index (χ2n) is 5.42. The van der Waals surface area contributed by atoms with Crippen LogP contribution >= 0.6 is 0 Å². The van der Waals surface area contributed by atoms with Crippen molar-refractivity contribution in [2.45, 2.75) is 6.04 Å². The van der Waals surface area contributed by atoms with Crippen LogP contribution in [0.5, 0.6) is 0 Å². The summed E-state index contributed by atoms with van der Waals surface area (Å²) in [6.07, 6.45) is 0. The molecule has 0 spiro atoms. The number of benzene rings is 1. The van der Waals surface area contributed by atoms with E-state index in [1.165, 1.54) is 6.07 Å². The average molecular weight is 287 g/mol. The van der Waals surface area contributed by atoms with E-state index in [2.05, 4.69) is 10.2 Å². The Morgan fingerprint density at radius 3 is 2.67 bits per heavy atom. The molecule has 0 aromatic heterocycles. The van der Waals surface area contributed by atoms with Gasteiger partial charge in [-0.3, -0.25) is 15.0 Å². The molecule has 0 unspecified atom stereocenters. The van der Waals surface area contributed by atoms with Crippen LogP contribution in [0.2, 0.25) is 0 Å². The van der Waals surface area contributed by atoms with Crippen LogP contribution in [0.3, 0.4) is 0 Å². The monoisotopic (exact) mass is 287 g/mol. The van der Waals surface area contributed by atoms with E-state index in [-0.39, 0.29) is 5.69 Å². The lowest BCUT2D eigenvalue weighted by molar-refractivity contribution is -0.384. The molecule has 0 aliphatic carbocycles. The van der Waals surface area contributed by atoms with Gasteiger partial charge in [-0.25, -0.2) is 0 Å². The van der Waals surface area contributed by atoms with E-state index in [9.17, 15) is 10.1 Å². The average Bonchev–Trinajstić information content (AvgIpc) is 2.47. The molecule has 110 valence electrons. The Morgan fingerprint density at radius 1 is 1.33 bits per heavy atom. The highest BCUT2D eigenvalue weighted by Gasteiger charge is 2.35. The van der Waals surface area contributed by atoms with E-state index in [1.54, 1.807) is 12.1 Å². The fourth-order valence-electron chi connectivity index (χ4n) is 2.94. The number of rotatable bonds is 3. The highest BCUT2D eigenvalue weighted by molar-refractivity contribution is 5.67. The fourth-order valence-corrected chi connectivity index (χ4v) is 2.94. The van der Waals surface area contributed by atoms with Crippen molar-refractivity contribution in [2.75, 3.05) is 44.2 Å². The molecule has 2 heterocycles. The van der Waals surface area contributed by atoms with E-state index in [4.69, 9.17) is 5.26 Å². The van der Waals surface area contributed by atoms with Gasteiger partial charge in [-0.1, -0.05) is 0 Å². The second-order valence-corrected chi connectivity index (χ2v) is 5.42. The molecule has 2 aliphatic rings. The summed E-state index contributed by atoms with van der Waals surface area (Å²) in [5.74, 6) is 0. The molecule has 7 heteroatoms. The van der Waals surface area contributed by atoms with Gasteiger partial charge in [0.15, 0.2) is 0 Å². The van der Waals surface area contributed by atoms with E-state index in [1.807, 2.05) is 11.0 Å². The summed E-state index contributed by atoms with van der Waals surface area (Å²) in [6, 6.07) is 7.10. The molecule has 7 nitrogen and oxygen atoms in total. The molecule has 3 rings (SSSR count). The molecule has 2 fully saturated rings. The third-order valence-electron chi connectivity index (χ3n) is 4.17. The molecule has 21 heavy (non-hydrogen) atoms. The third-order valence-corrected chi connectivity index (χ3v) is 4.17.